The Bertz CT molecular complexity index is 416. The minimum atomic E-state index is -0.984. The van der Waals surface area contributed by atoms with Crippen molar-refractivity contribution in [3.63, 3.8) is 0 Å². The van der Waals surface area contributed by atoms with Crippen LogP contribution < -0.4 is 0 Å². The first-order valence-corrected chi connectivity index (χ1v) is 7.53. The molecule has 3 fully saturated rings. The van der Waals surface area contributed by atoms with Crippen LogP contribution in [-0.2, 0) is 41.0 Å². The van der Waals surface area contributed by atoms with Crippen LogP contribution in [0, 0.1) is 69.6 Å². The monoisotopic (exact) mass is 387 g/mol. The van der Waals surface area contributed by atoms with Crippen molar-refractivity contribution >= 4 is 11.9 Å². The maximum Gasteiger partial charge on any atom is 2.00 e. The number of hydrogen-bond donors (Lipinski definition) is 0. The molecule has 0 bridgehead atoms. The Labute approximate surface area is 161 Å². The van der Waals surface area contributed by atoms with Gasteiger partial charge in [0.25, 0.3) is 0 Å². The fourth-order valence-electron chi connectivity index (χ4n) is 2.72. The molecule has 25 heavy (non-hydrogen) atoms. The quantitative estimate of drug-likeness (QED) is 0.532. The first-order chi connectivity index (χ1) is 11.6. The zero-order chi connectivity index (χ0) is 17.5. The second-order valence-corrected chi connectivity index (χ2v) is 5.27. The molecule has 0 aromatic heterocycles. The first kappa shape index (κ1) is 22.4. The Balaban J connectivity index is 0.000000448. The molecule has 7 heteroatoms. The van der Waals surface area contributed by atoms with Crippen molar-refractivity contribution < 1.29 is 41.0 Å². The van der Waals surface area contributed by atoms with Crippen molar-refractivity contribution in [3.8, 4) is 0 Å². The van der Waals surface area contributed by atoms with Gasteiger partial charge in [-0.3, -0.25) is 9.63 Å². The molecule has 0 spiro atoms. The molecule has 0 aromatic rings. The van der Waals surface area contributed by atoms with E-state index < -0.39 is 24.0 Å². The van der Waals surface area contributed by atoms with Gasteiger partial charge in [0, 0.05) is 13.0 Å². The number of ether oxygens (including phenoxy) is 2. The molecule has 3 atom stereocenters. The van der Waals surface area contributed by atoms with Gasteiger partial charge >= 0.3 is 29.0 Å². The molecular formula is C18H21FeNO5+2. The maximum absolute atomic E-state index is 12.0. The van der Waals surface area contributed by atoms with Crippen LogP contribution in [0.3, 0.4) is 0 Å². The second kappa shape index (κ2) is 11.2. The average molecular weight is 387 g/mol. The molecule has 134 valence electrons. The van der Waals surface area contributed by atoms with E-state index in [0.717, 1.165) is 5.92 Å². The van der Waals surface area contributed by atoms with Gasteiger partial charge in [0.05, 0.1) is 20.3 Å². The fourth-order valence-corrected chi connectivity index (χ4v) is 2.72. The Morgan fingerprint density at radius 1 is 0.920 bits per heavy atom. The van der Waals surface area contributed by atoms with Crippen LogP contribution in [0.1, 0.15) is 0 Å². The summed E-state index contributed by atoms with van der Waals surface area (Å²) in [7, 11) is 4.23. The van der Waals surface area contributed by atoms with Crippen molar-refractivity contribution in [1.82, 2.24) is 5.06 Å². The number of hydroxylamine groups is 2. The first-order valence-electron chi connectivity index (χ1n) is 7.53. The van der Waals surface area contributed by atoms with E-state index in [2.05, 4.69) is 4.74 Å². The predicted octanol–water partition coefficient (Wildman–Crippen LogP) is 0.987. The van der Waals surface area contributed by atoms with Crippen LogP contribution >= 0.6 is 0 Å². The van der Waals surface area contributed by atoms with Gasteiger partial charge in [-0.2, -0.15) is 5.06 Å². The number of carbonyl (C=O) groups is 2. The van der Waals surface area contributed by atoms with Gasteiger partial charge < -0.3 is 9.47 Å². The van der Waals surface area contributed by atoms with E-state index in [4.69, 9.17) is 9.57 Å². The largest absolute Gasteiger partial charge is 2.00 e. The summed E-state index contributed by atoms with van der Waals surface area (Å²) in [6.07, 6.45) is 16.5. The van der Waals surface area contributed by atoms with Crippen molar-refractivity contribution in [2.45, 2.75) is 12.1 Å². The van der Waals surface area contributed by atoms with Crippen molar-refractivity contribution in [1.29, 1.82) is 0 Å². The van der Waals surface area contributed by atoms with Crippen LogP contribution in [0.25, 0.3) is 0 Å². The third-order valence-corrected chi connectivity index (χ3v) is 3.83. The normalized spacial score (nSPS) is 29.5. The number of carbonyl (C=O) groups excluding carboxylic acids is 2. The van der Waals surface area contributed by atoms with Crippen LogP contribution in [0.15, 0.2) is 0 Å². The summed E-state index contributed by atoms with van der Waals surface area (Å²) in [4.78, 5) is 29.1. The van der Waals surface area contributed by atoms with Gasteiger partial charge in [-0.05, 0) is 57.8 Å². The number of nitrogens with zero attached hydrogens (tertiary/aromatic N) is 1. The third-order valence-electron chi connectivity index (χ3n) is 3.83. The van der Waals surface area contributed by atoms with Gasteiger partial charge in [-0.1, -0.05) is 0 Å². The molecule has 1 heterocycles. The predicted molar refractivity (Wildman–Crippen MR) is 85.9 cm³/mol. The zero-order valence-corrected chi connectivity index (χ0v) is 15.4. The molecule has 0 amide bonds. The van der Waals surface area contributed by atoms with Gasteiger partial charge in [-0.25, -0.2) is 4.79 Å². The summed E-state index contributed by atoms with van der Waals surface area (Å²) < 4.78 is 9.46. The average Bonchev–Trinajstić information content (AvgIpc) is 3.34. The topological polar surface area (TPSA) is 65.1 Å². The smallest absolute Gasteiger partial charge is 0.469 e. The Morgan fingerprint density at radius 3 is 1.84 bits per heavy atom. The fraction of sp³-hybridized carbons (Fsp3) is 0.333. The van der Waals surface area contributed by atoms with E-state index in [0.29, 0.717) is 0 Å². The molecule has 1 saturated heterocycles. The number of rotatable bonds is 3. The van der Waals surface area contributed by atoms with E-state index in [1.54, 1.807) is 7.05 Å². The molecule has 10 radical (unpaired) electrons. The summed E-state index contributed by atoms with van der Waals surface area (Å²) in [6, 6.07) is -0.369. The zero-order valence-electron chi connectivity index (χ0n) is 14.3. The Morgan fingerprint density at radius 2 is 1.40 bits per heavy atom. The minimum Gasteiger partial charge on any atom is -0.469 e. The van der Waals surface area contributed by atoms with Crippen molar-refractivity contribution in [2.24, 2.45) is 5.92 Å². The SMILES string of the molecule is COC(=O)[C@@H]1[C@@H](C(=O)OC)ON(C)[C@@H]1[C]1[CH][CH][CH][CH]1.[CH]1[CH][CH][CH][CH]1.[Fe+2]. The molecule has 0 unspecified atom stereocenters. The molecular weight excluding hydrogens is 366 g/mol. The van der Waals surface area contributed by atoms with E-state index in [1.807, 2.05) is 57.8 Å². The van der Waals surface area contributed by atoms with Gasteiger partial charge in [0.2, 0.25) is 0 Å². The summed E-state index contributed by atoms with van der Waals surface area (Å²) in [5.74, 6) is -0.934. The third kappa shape index (κ3) is 5.68. The maximum atomic E-state index is 12.0. The molecule has 6 nitrogen and oxygen atoms in total. The number of esters is 2. The summed E-state index contributed by atoms with van der Waals surface area (Å²) in [5.41, 5.74) is 0. The van der Waals surface area contributed by atoms with Crippen molar-refractivity contribution in [3.05, 3.63) is 63.7 Å². The Hall–Kier alpha value is -0.621. The Kier molecular flexibility index (Phi) is 10.0. The van der Waals surface area contributed by atoms with Crippen LogP contribution in [0.4, 0.5) is 0 Å². The molecule has 0 N–H and O–H groups in total. The summed E-state index contributed by atoms with van der Waals surface area (Å²) >= 11 is 0. The van der Waals surface area contributed by atoms with E-state index in [1.165, 1.54) is 19.3 Å². The van der Waals surface area contributed by atoms with Gasteiger partial charge in [0.1, 0.15) is 5.92 Å². The van der Waals surface area contributed by atoms with Crippen molar-refractivity contribution in [2.75, 3.05) is 21.3 Å². The second-order valence-electron chi connectivity index (χ2n) is 5.27. The number of methoxy groups -OCH3 is 2. The number of hydrogen-bond acceptors (Lipinski definition) is 6. The van der Waals surface area contributed by atoms with Crippen LogP contribution in [-0.4, -0.2) is 50.4 Å². The molecule has 3 aliphatic rings. The standard InChI is InChI=1S/C13H16NO5.C5H5.Fe/c1-14-10(8-6-4-5-7-8)9(12(15)17-2)11(19-14)13(16)18-3;1-2-4-5-3-1;/h4-7,9-11H,1-3H3;1-5H;/q;;+2/t9-,10+,11-;;/m0../s1. The minimum absolute atomic E-state index is 0. The van der Waals surface area contributed by atoms with Crippen LogP contribution in [0.5, 0.6) is 0 Å². The summed E-state index contributed by atoms with van der Waals surface area (Å²) in [6.45, 7) is 0. The van der Waals surface area contributed by atoms with Gasteiger partial charge in [0.15, 0.2) is 6.10 Å². The molecule has 3 rings (SSSR count). The van der Waals surface area contributed by atoms with E-state index >= 15 is 0 Å². The molecule has 2 aliphatic carbocycles. The van der Waals surface area contributed by atoms with Crippen LogP contribution in [0.2, 0.25) is 0 Å². The van der Waals surface area contributed by atoms with E-state index in [9.17, 15) is 9.59 Å². The molecule has 2 saturated carbocycles. The molecule has 0 aromatic carbocycles. The summed E-state index contributed by atoms with van der Waals surface area (Å²) in [5, 5.41) is 1.50. The van der Waals surface area contributed by atoms with E-state index in [-0.39, 0.29) is 23.1 Å². The molecule has 1 aliphatic heterocycles. The van der Waals surface area contributed by atoms with Gasteiger partial charge in [-0.15, -0.1) is 0 Å².